The van der Waals surface area contributed by atoms with E-state index in [0.29, 0.717) is 11.6 Å². The predicted molar refractivity (Wildman–Crippen MR) is 126 cm³/mol. The van der Waals surface area contributed by atoms with E-state index in [4.69, 9.17) is 0 Å². The minimum atomic E-state index is -3.99. The molecular weight excluding hydrogens is 446 g/mol. The van der Waals surface area contributed by atoms with Gasteiger partial charge < -0.3 is 10.3 Å². The summed E-state index contributed by atoms with van der Waals surface area (Å²) < 4.78 is 25.5. The Hall–Kier alpha value is -2.91. The molecule has 3 rings (SSSR count). The van der Waals surface area contributed by atoms with Crippen molar-refractivity contribution < 1.29 is 13.2 Å². The lowest BCUT2D eigenvalue weighted by molar-refractivity contribution is -0.113. The van der Waals surface area contributed by atoms with Crippen LogP contribution in [0.5, 0.6) is 0 Å². The number of benzene rings is 2. The third kappa shape index (κ3) is 5.66. The molecule has 0 unspecified atom stereocenters. The molecule has 1 heterocycles. The van der Waals surface area contributed by atoms with E-state index in [9.17, 15) is 18.0 Å². The Morgan fingerprint density at radius 3 is 2.31 bits per heavy atom. The molecule has 0 fully saturated rings. The SMILES string of the molecule is CCc1ccc(S(=O)(=O)c2cnc(SCC(=O)Nc3ccc(C(C)C)cc3)[nH]c2=O)cc1. The lowest BCUT2D eigenvalue weighted by Gasteiger charge is -2.08. The molecule has 0 aliphatic heterocycles. The molecule has 9 heteroatoms. The number of nitrogens with one attached hydrogen (secondary N) is 2. The van der Waals surface area contributed by atoms with Crippen LogP contribution in [0.3, 0.4) is 0 Å². The number of sulfone groups is 1. The van der Waals surface area contributed by atoms with Crippen LogP contribution >= 0.6 is 11.8 Å². The number of hydrogen-bond donors (Lipinski definition) is 2. The highest BCUT2D eigenvalue weighted by Gasteiger charge is 2.22. The van der Waals surface area contributed by atoms with Gasteiger partial charge in [0.25, 0.3) is 5.56 Å². The van der Waals surface area contributed by atoms with Crippen LogP contribution in [0, 0.1) is 0 Å². The van der Waals surface area contributed by atoms with Crippen LogP contribution in [0.1, 0.15) is 37.8 Å². The number of aromatic nitrogens is 2. The molecule has 0 spiro atoms. The van der Waals surface area contributed by atoms with Crippen molar-refractivity contribution in [2.75, 3.05) is 11.1 Å². The number of anilines is 1. The third-order valence-electron chi connectivity index (χ3n) is 4.88. The molecule has 2 aromatic carbocycles. The molecular formula is C23H25N3O4S2. The maximum Gasteiger partial charge on any atom is 0.270 e. The Kier molecular flexibility index (Phi) is 7.52. The fraction of sp³-hybridized carbons (Fsp3) is 0.261. The number of thioether (sulfide) groups is 1. The lowest BCUT2D eigenvalue weighted by Crippen LogP contribution is -2.20. The predicted octanol–water partition coefficient (Wildman–Crippen LogP) is 4.02. The monoisotopic (exact) mass is 471 g/mol. The second kappa shape index (κ2) is 10.1. The van der Waals surface area contributed by atoms with E-state index in [2.05, 4.69) is 29.1 Å². The zero-order valence-corrected chi connectivity index (χ0v) is 19.7. The standard InChI is InChI=1S/C23H25N3O4S2/c1-4-16-5-11-19(12-6-16)32(29,30)20-13-24-23(26-22(20)28)31-14-21(27)25-18-9-7-17(8-10-18)15(2)3/h5-13,15H,4,14H2,1-3H3,(H,25,27)(H,24,26,28). The van der Waals surface area contributed by atoms with E-state index < -0.39 is 20.3 Å². The van der Waals surface area contributed by atoms with Crippen molar-refractivity contribution >= 4 is 33.2 Å². The molecule has 0 saturated carbocycles. The average Bonchev–Trinajstić information content (AvgIpc) is 2.78. The van der Waals surface area contributed by atoms with Crippen LogP contribution in [0.15, 0.2) is 74.5 Å². The molecule has 32 heavy (non-hydrogen) atoms. The Morgan fingerprint density at radius 2 is 1.75 bits per heavy atom. The Balaban J connectivity index is 1.65. The smallest absolute Gasteiger partial charge is 0.270 e. The largest absolute Gasteiger partial charge is 0.325 e. The Morgan fingerprint density at radius 1 is 1.09 bits per heavy atom. The van der Waals surface area contributed by atoms with Crippen LogP contribution in [0.25, 0.3) is 0 Å². The maximum absolute atomic E-state index is 12.8. The van der Waals surface area contributed by atoms with Gasteiger partial charge in [0.2, 0.25) is 15.7 Å². The number of aryl methyl sites for hydroxylation is 1. The Bertz CT molecular complexity index is 1250. The minimum Gasteiger partial charge on any atom is -0.325 e. The number of carbonyl (C=O) groups excluding carboxylic acids is 1. The highest BCUT2D eigenvalue weighted by molar-refractivity contribution is 7.99. The van der Waals surface area contributed by atoms with Gasteiger partial charge in [-0.3, -0.25) is 9.59 Å². The molecule has 168 valence electrons. The number of hydrogen-bond acceptors (Lipinski definition) is 6. The van der Waals surface area contributed by atoms with Crippen molar-refractivity contribution in [2.45, 2.75) is 48.1 Å². The van der Waals surface area contributed by atoms with Crippen LogP contribution in [-0.4, -0.2) is 30.0 Å². The number of carbonyl (C=O) groups is 1. The summed E-state index contributed by atoms with van der Waals surface area (Å²) in [6.45, 7) is 6.16. The summed E-state index contributed by atoms with van der Waals surface area (Å²) in [7, 11) is -3.99. The first-order valence-electron chi connectivity index (χ1n) is 10.2. The molecule has 0 bridgehead atoms. The van der Waals surface area contributed by atoms with Crippen molar-refractivity contribution in [2.24, 2.45) is 0 Å². The molecule has 0 atom stereocenters. The summed E-state index contributed by atoms with van der Waals surface area (Å²) in [5.74, 6) is 0.155. The lowest BCUT2D eigenvalue weighted by atomic mass is 10.0. The number of nitrogens with zero attached hydrogens (tertiary/aromatic N) is 1. The highest BCUT2D eigenvalue weighted by Crippen LogP contribution is 2.20. The summed E-state index contributed by atoms with van der Waals surface area (Å²) in [6.07, 6.45) is 1.82. The van der Waals surface area contributed by atoms with Gasteiger partial charge in [0.15, 0.2) is 10.1 Å². The summed E-state index contributed by atoms with van der Waals surface area (Å²) in [5.41, 5.74) is 2.08. The van der Waals surface area contributed by atoms with Crippen LogP contribution in [0.4, 0.5) is 5.69 Å². The van der Waals surface area contributed by atoms with Gasteiger partial charge in [0.05, 0.1) is 16.8 Å². The van der Waals surface area contributed by atoms with E-state index in [-0.39, 0.29) is 21.7 Å². The van der Waals surface area contributed by atoms with Gasteiger partial charge in [-0.2, -0.15) is 0 Å². The number of amides is 1. The first-order valence-corrected chi connectivity index (χ1v) is 12.6. The molecule has 0 radical (unpaired) electrons. The zero-order chi connectivity index (χ0) is 23.3. The number of H-pyrrole nitrogens is 1. The molecule has 2 N–H and O–H groups in total. The fourth-order valence-electron chi connectivity index (χ4n) is 2.95. The van der Waals surface area contributed by atoms with Gasteiger partial charge in [-0.05, 0) is 47.7 Å². The van der Waals surface area contributed by atoms with Crippen molar-refractivity contribution in [1.29, 1.82) is 0 Å². The normalized spacial score (nSPS) is 11.5. The van der Waals surface area contributed by atoms with E-state index in [1.54, 1.807) is 12.1 Å². The van der Waals surface area contributed by atoms with Gasteiger partial charge >= 0.3 is 0 Å². The summed E-state index contributed by atoms with van der Waals surface area (Å²) in [5, 5.41) is 2.95. The average molecular weight is 472 g/mol. The van der Waals surface area contributed by atoms with E-state index in [0.717, 1.165) is 29.9 Å². The van der Waals surface area contributed by atoms with Crippen molar-refractivity contribution in [3.8, 4) is 0 Å². The van der Waals surface area contributed by atoms with Gasteiger partial charge in [-0.15, -0.1) is 0 Å². The quantitative estimate of drug-likeness (QED) is 0.379. The second-order valence-corrected chi connectivity index (χ2v) is 10.4. The molecule has 3 aromatic rings. The topological polar surface area (TPSA) is 109 Å². The van der Waals surface area contributed by atoms with Gasteiger partial charge in [-0.1, -0.05) is 56.8 Å². The first-order chi connectivity index (χ1) is 15.2. The van der Waals surface area contributed by atoms with Crippen molar-refractivity contribution in [3.63, 3.8) is 0 Å². The third-order valence-corrected chi connectivity index (χ3v) is 7.53. The van der Waals surface area contributed by atoms with E-state index in [1.807, 2.05) is 31.2 Å². The van der Waals surface area contributed by atoms with Crippen LogP contribution in [-0.2, 0) is 21.1 Å². The Labute approximate surface area is 191 Å². The van der Waals surface area contributed by atoms with Crippen LogP contribution in [0.2, 0.25) is 0 Å². The summed E-state index contributed by atoms with van der Waals surface area (Å²) >= 11 is 1.02. The summed E-state index contributed by atoms with van der Waals surface area (Å²) in [4.78, 5) is 30.7. The maximum atomic E-state index is 12.8. The van der Waals surface area contributed by atoms with Crippen molar-refractivity contribution in [3.05, 3.63) is 76.2 Å². The molecule has 0 aliphatic rings. The highest BCUT2D eigenvalue weighted by atomic mass is 32.2. The van der Waals surface area contributed by atoms with Crippen LogP contribution < -0.4 is 10.9 Å². The van der Waals surface area contributed by atoms with E-state index >= 15 is 0 Å². The molecule has 0 saturated heterocycles. The van der Waals surface area contributed by atoms with Crippen molar-refractivity contribution in [1.82, 2.24) is 9.97 Å². The molecule has 1 amide bonds. The van der Waals surface area contributed by atoms with Gasteiger partial charge in [0.1, 0.15) is 0 Å². The minimum absolute atomic E-state index is 0.0133. The second-order valence-electron chi connectivity index (χ2n) is 7.50. The van der Waals surface area contributed by atoms with Gasteiger partial charge in [-0.25, -0.2) is 13.4 Å². The summed E-state index contributed by atoms with van der Waals surface area (Å²) in [6, 6.07) is 14.0. The van der Waals surface area contributed by atoms with E-state index in [1.165, 1.54) is 17.7 Å². The number of rotatable bonds is 8. The van der Waals surface area contributed by atoms with Gasteiger partial charge in [0, 0.05) is 5.69 Å². The fourth-order valence-corrected chi connectivity index (χ4v) is 4.81. The first kappa shape index (κ1) is 23.7. The molecule has 1 aromatic heterocycles. The molecule has 7 nitrogen and oxygen atoms in total. The zero-order valence-electron chi connectivity index (χ0n) is 18.1. The molecule has 0 aliphatic carbocycles. The number of aromatic amines is 1.